The van der Waals surface area contributed by atoms with Gasteiger partial charge in [-0.15, -0.1) is 0 Å². The first-order chi connectivity index (χ1) is 13.0. The van der Waals surface area contributed by atoms with E-state index in [0.29, 0.717) is 30.2 Å². The summed E-state index contributed by atoms with van der Waals surface area (Å²) in [6.07, 6.45) is 2.07. The van der Waals surface area contributed by atoms with E-state index in [0.717, 1.165) is 17.5 Å². The van der Waals surface area contributed by atoms with Crippen LogP contribution in [0.3, 0.4) is 0 Å². The fraction of sp³-hybridized carbons (Fsp3) is 0.333. The molecular weight excluding hydrogens is 364 g/mol. The number of nitrogens with zero attached hydrogens (tertiary/aromatic N) is 1. The van der Waals surface area contributed by atoms with Crippen molar-refractivity contribution in [3.8, 4) is 5.75 Å². The number of ether oxygens (including phenoxy) is 1. The minimum Gasteiger partial charge on any atom is -0.508 e. The highest BCUT2D eigenvalue weighted by atomic mass is 35.5. The third-order valence-electron chi connectivity index (χ3n) is 5.30. The average Bonchev–Trinajstić information content (AvgIpc) is 2.64. The predicted molar refractivity (Wildman–Crippen MR) is 104 cm³/mol. The van der Waals surface area contributed by atoms with Gasteiger partial charge in [-0.05, 0) is 49.4 Å². The molecule has 1 fully saturated rings. The van der Waals surface area contributed by atoms with Gasteiger partial charge in [-0.2, -0.15) is 0 Å². The van der Waals surface area contributed by atoms with Crippen molar-refractivity contribution in [2.75, 3.05) is 0 Å². The van der Waals surface area contributed by atoms with Crippen LogP contribution in [0.4, 0.5) is 0 Å². The first kappa shape index (κ1) is 18.0. The van der Waals surface area contributed by atoms with Gasteiger partial charge in [0.25, 0.3) is 0 Å². The summed E-state index contributed by atoms with van der Waals surface area (Å²) < 4.78 is 5.90. The number of aromatic hydroxyl groups is 1. The molecule has 2 aromatic carbocycles. The van der Waals surface area contributed by atoms with Crippen LogP contribution >= 0.6 is 11.6 Å². The molecule has 2 aliphatic rings. The summed E-state index contributed by atoms with van der Waals surface area (Å²) in [5, 5.41) is 9.97. The van der Waals surface area contributed by atoms with Crippen LogP contribution in [-0.4, -0.2) is 28.9 Å². The summed E-state index contributed by atoms with van der Waals surface area (Å²) in [5.41, 5.74) is 7.05. The van der Waals surface area contributed by atoms with E-state index in [2.05, 4.69) is 0 Å². The van der Waals surface area contributed by atoms with Crippen LogP contribution in [0, 0.1) is 0 Å². The number of phenolic OH excluding ortho intramolecular Hbond substituents is 1. The van der Waals surface area contributed by atoms with Gasteiger partial charge in [0.15, 0.2) is 11.6 Å². The van der Waals surface area contributed by atoms with Crippen molar-refractivity contribution >= 4 is 23.3 Å². The second-order valence-electron chi connectivity index (χ2n) is 7.13. The molecule has 0 radical (unpaired) electrons. The lowest BCUT2D eigenvalue weighted by Crippen LogP contribution is -2.54. The Morgan fingerprint density at radius 1 is 1.26 bits per heavy atom. The van der Waals surface area contributed by atoms with Crippen molar-refractivity contribution in [3.05, 3.63) is 64.7 Å². The summed E-state index contributed by atoms with van der Waals surface area (Å²) >= 11 is 6.42. The van der Waals surface area contributed by atoms with Gasteiger partial charge in [0.1, 0.15) is 5.75 Å². The molecule has 2 bridgehead atoms. The lowest BCUT2D eigenvalue weighted by molar-refractivity contribution is -0.137. The highest BCUT2D eigenvalue weighted by Crippen LogP contribution is 2.44. The maximum Gasteiger partial charge on any atom is 0.205 e. The number of phenols is 1. The van der Waals surface area contributed by atoms with Crippen molar-refractivity contribution < 1.29 is 14.6 Å². The Hall–Kier alpha value is -2.37. The SMILES string of the molecule is NC(Cc1ccc(O)cc1)C1=N[C@@]2(c3ccccc3Cl)CCC[C@@H](O1)C2=O. The van der Waals surface area contributed by atoms with Crippen molar-refractivity contribution in [2.45, 2.75) is 43.4 Å². The molecule has 0 amide bonds. The maximum absolute atomic E-state index is 13.1. The van der Waals surface area contributed by atoms with E-state index < -0.39 is 17.7 Å². The smallest absolute Gasteiger partial charge is 0.205 e. The highest BCUT2D eigenvalue weighted by Gasteiger charge is 2.52. The molecule has 3 atom stereocenters. The molecule has 0 saturated heterocycles. The zero-order valence-corrected chi connectivity index (χ0v) is 15.5. The first-order valence-electron chi connectivity index (χ1n) is 9.09. The van der Waals surface area contributed by atoms with Crippen LogP contribution < -0.4 is 5.73 Å². The number of ketones is 1. The van der Waals surface area contributed by atoms with Crippen LogP contribution in [-0.2, 0) is 21.5 Å². The normalized spacial score (nSPS) is 25.5. The second-order valence-corrected chi connectivity index (χ2v) is 7.54. The molecule has 5 nitrogen and oxygen atoms in total. The number of Topliss-reactive ketones (excluding diaryl/α,β-unsaturated/α-hetero) is 1. The van der Waals surface area contributed by atoms with Crippen LogP contribution in [0.2, 0.25) is 5.02 Å². The van der Waals surface area contributed by atoms with Crippen LogP contribution in [0.1, 0.15) is 30.4 Å². The number of hydrogen-bond acceptors (Lipinski definition) is 5. The molecule has 0 spiro atoms. The number of halogens is 1. The van der Waals surface area contributed by atoms with Crippen LogP contribution in [0.5, 0.6) is 5.75 Å². The predicted octanol–water partition coefficient (Wildman–Crippen LogP) is 3.36. The Morgan fingerprint density at radius 2 is 2.00 bits per heavy atom. The van der Waals surface area contributed by atoms with Crippen molar-refractivity contribution in [1.82, 2.24) is 0 Å². The standard InChI is InChI=1S/C21H21ClN2O3/c22-16-5-2-1-4-15(16)21-11-3-6-18(19(21)26)27-20(24-21)17(23)12-13-7-9-14(25)10-8-13/h1-2,4-5,7-10,17-18,25H,3,6,11-12,23H2/t17?,18-,21-/m1/s1. The lowest BCUT2D eigenvalue weighted by Gasteiger charge is -2.42. The fourth-order valence-corrected chi connectivity index (χ4v) is 4.21. The highest BCUT2D eigenvalue weighted by molar-refractivity contribution is 6.32. The zero-order valence-electron chi connectivity index (χ0n) is 14.8. The first-order valence-corrected chi connectivity index (χ1v) is 9.46. The van der Waals surface area contributed by atoms with Gasteiger partial charge in [0.2, 0.25) is 11.7 Å². The number of hydrogen-bond donors (Lipinski definition) is 2. The van der Waals surface area contributed by atoms with Gasteiger partial charge in [-0.3, -0.25) is 4.79 Å². The van der Waals surface area contributed by atoms with E-state index in [1.807, 2.05) is 30.3 Å². The maximum atomic E-state index is 13.1. The minimum absolute atomic E-state index is 0.0394. The number of benzene rings is 2. The monoisotopic (exact) mass is 384 g/mol. The third-order valence-corrected chi connectivity index (χ3v) is 5.63. The molecule has 1 heterocycles. The minimum atomic E-state index is -1.01. The summed E-state index contributed by atoms with van der Waals surface area (Å²) in [6, 6.07) is 13.7. The Bertz CT molecular complexity index is 897. The molecule has 6 heteroatoms. The number of fused-ring (bicyclic) bond motifs is 2. The quantitative estimate of drug-likeness (QED) is 0.846. The lowest BCUT2D eigenvalue weighted by atomic mass is 9.73. The Balaban J connectivity index is 1.71. The molecule has 3 N–H and O–H groups in total. The van der Waals surface area contributed by atoms with Crippen molar-refractivity contribution in [1.29, 1.82) is 0 Å². The summed E-state index contributed by atoms with van der Waals surface area (Å²) in [5.74, 6) is 0.561. The third kappa shape index (κ3) is 3.22. The molecule has 1 unspecified atom stereocenters. The van der Waals surface area contributed by atoms with Crippen molar-refractivity contribution in [2.24, 2.45) is 10.7 Å². The largest absolute Gasteiger partial charge is 0.508 e. The molecule has 27 heavy (non-hydrogen) atoms. The molecule has 1 aliphatic heterocycles. The van der Waals surface area contributed by atoms with E-state index in [1.54, 1.807) is 18.2 Å². The van der Waals surface area contributed by atoms with Gasteiger partial charge >= 0.3 is 0 Å². The Labute approximate surface area is 162 Å². The van der Waals surface area contributed by atoms with Gasteiger partial charge < -0.3 is 15.6 Å². The number of carbonyl (C=O) groups excluding carboxylic acids is 1. The van der Waals surface area contributed by atoms with Gasteiger partial charge in [0.05, 0.1) is 6.04 Å². The molecule has 4 rings (SSSR count). The van der Waals surface area contributed by atoms with Gasteiger partial charge in [-0.1, -0.05) is 41.9 Å². The number of aliphatic imine (C=N–C) groups is 1. The topological polar surface area (TPSA) is 84.9 Å². The molecular formula is C21H21ClN2O3. The van der Waals surface area contributed by atoms with Crippen molar-refractivity contribution in [3.63, 3.8) is 0 Å². The molecule has 2 aromatic rings. The summed E-state index contributed by atoms with van der Waals surface area (Å²) in [6.45, 7) is 0. The average molecular weight is 385 g/mol. The van der Waals surface area contributed by atoms with E-state index in [4.69, 9.17) is 27.1 Å². The number of rotatable bonds is 4. The zero-order chi connectivity index (χ0) is 19.0. The Morgan fingerprint density at radius 3 is 2.74 bits per heavy atom. The molecule has 1 saturated carbocycles. The van der Waals surface area contributed by atoms with Crippen LogP contribution in [0.15, 0.2) is 53.5 Å². The molecule has 0 aromatic heterocycles. The summed E-state index contributed by atoms with van der Waals surface area (Å²) in [4.78, 5) is 17.8. The van der Waals surface area contributed by atoms with Gasteiger partial charge in [0, 0.05) is 10.6 Å². The Kier molecular flexibility index (Phi) is 4.66. The van der Waals surface area contributed by atoms with E-state index >= 15 is 0 Å². The van der Waals surface area contributed by atoms with E-state index in [-0.39, 0.29) is 11.5 Å². The fourth-order valence-electron chi connectivity index (χ4n) is 3.92. The van der Waals surface area contributed by atoms with Gasteiger partial charge in [-0.25, -0.2) is 4.99 Å². The van der Waals surface area contributed by atoms with Crippen LogP contribution in [0.25, 0.3) is 0 Å². The number of nitrogens with two attached hydrogens (primary N) is 1. The number of carbonyl (C=O) groups is 1. The van der Waals surface area contributed by atoms with E-state index in [1.165, 1.54) is 0 Å². The van der Waals surface area contributed by atoms with E-state index in [9.17, 15) is 9.90 Å². The second kappa shape index (κ2) is 6.98. The molecule has 1 aliphatic carbocycles. The molecule has 140 valence electrons. The summed E-state index contributed by atoms with van der Waals surface area (Å²) in [7, 11) is 0.